The van der Waals surface area contributed by atoms with Gasteiger partial charge in [-0.3, -0.25) is 14.5 Å². The number of carbonyl (C=O) groups is 2. The van der Waals surface area contributed by atoms with Crippen LogP contribution in [0.3, 0.4) is 0 Å². The fraction of sp³-hybridized carbons (Fsp3) is 0.222. The van der Waals surface area contributed by atoms with Crippen molar-refractivity contribution >= 4 is 34.8 Å². The average Bonchev–Trinajstić information content (AvgIpc) is 2.59. The molecule has 1 aliphatic rings. The molecule has 0 fully saturated rings. The Morgan fingerprint density at radius 3 is 2.84 bits per heavy atom. The van der Waals surface area contributed by atoms with E-state index in [4.69, 9.17) is 21.1 Å². The Balaban J connectivity index is 1.81. The third-order valence-electron chi connectivity index (χ3n) is 3.81. The fourth-order valence-electron chi connectivity index (χ4n) is 2.63. The predicted molar refractivity (Wildman–Crippen MR) is 95.5 cm³/mol. The zero-order chi connectivity index (χ0) is 18.0. The number of hydrogen-bond donors (Lipinski definition) is 1. The molecule has 0 aromatic heterocycles. The highest BCUT2D eigenvalue weighted by atomic mass is 35.5. The van der Waals surface area contributed by atoms with Crippen LogP contribution < -0.4 is 19.7 Å². The maximum atomic E-state index is 12.5. The molecule has 0 radical (unpaired) electrons. The summed E-state index contributed by atoms with van der Waals surface area (Å²) in [5.74, 6) is 0.423. The van der Waals surface area contributed by atoms with Crippen LogP contribution in [0.2, 0.25) is 5.02 Å². The summed E-state index contributed by atoms with van der Waals surface area (Å²) in [6, 6.07) is 12.0. The standard InChI is InChI=1S/C18H17ClN2O4/c1-11-18(23)21(14-5-3-4-6-16(14)25-11)10-17(22)20-13-9-12(19)7-8-15(13)24-2/h3-9,11H,10H2,1-2H3,(H,20,22)/t11-/m0/s1. The molecule has 130 valence electrons. The number of anilines is 2. The van der Waals surface area contributed by atoms with Crippen molar-refractivity contribution in [3.8, 4) is 11.5 Å². The van der Waals surface area contributed by atoms with Crippen LogP contribution in [0, 0.1) is 0 Å². The highest BCUT2D eigenvalue weighted by Gasteiger charge is 2.32. The minimum Gasteiger partial charge on any atom is -0.495 e. The van der Waals surface area contributed by atoms with E-state index >= 15 is 0 Å². The SMILES string of the molecule is COc1ccc(Cl)cc1NC(=O)CN1C(=O)[C@H](C)Oc2ccccc21. The summed E-state index contributed by atoms with van der Waals surface area (Å²) in [7, 11) is 1.50. The Morgan fingerprint density at radius 1 is 1.32 bits per heavy atom. The first-order valence-corrected chi connectivity index (χ1v) is 8.08. The van der Waals surface area contributed by atoms with Gasteiger partial charge in [0.2, 0.25) is 5.91 Å². The van der Waals surface area contributed by atoms with Crippen LogP contribution in [-0.2, 0) is 9.59 Å². The van der Waals surface area contributed by atoms with Crippen LogP contribution in [0.15, 0.2) is 42.5 Å². The first kappa shape index (κ1) is 17.1. The number of carbonyl (C=O) groups excluding carboxylic acids is 2. The lowest BCUT2D eigenvalue weighted by atomic mass is 10.2. The first-order chi connectivity index (χ1) is 12.0. The van der Waals surface area contributed by atoms with Gasteiger partial charge in [-0.25, -0.2) is 0 Å². The fourth-order valence-corrected chi connectivity index (χ4v) is 2.81. The summed E-state index contributed by atoms with van der Waals surface area (Å²) in [6.45, 7) is 1.52. The normalized spacial score (nSPS) is 16.0. The number of halogens is 1. The van der Waals surface area contributed by atoms with Gasteiger partial charge in [0.05, 0.1) is 18.5 Å². The van der Waals surface area contributed by atoms with Crippen molar-refractivity contribution in [1.29, 1.82) is 0 Å². The minimum absolute atomic E-state index is 0.140. The zero-order valence-corrected chi connectivity index (χ0v) is 14.5. The van der Waals surface area contributed by atoms with Crippen LogP contribution in [-0.4, -0.2) is 31.6 Å². The van der Waals surface area contributed by atoms with E-state index in [9.17, 15) is 9.59 Å². The number of fused-ring (bicyclic) bond motifs is 1. The Kier molecular flexibility index (Phi) is 4.81. The molecule has 2 aromatic carbocycles. The van der Waals surface area contributed by atoms with Crippen LogP contribution in [0.4, 0.5) is 11.4 Å². The quantitative estimate of drug-likeness (QED) is 0.909. The van der Waals surface area contributed by atoms with E-state index in [-0.39, 0.29) is 18.4 Å². The lowest BCUT2D eigenvalue weighted by Crippen LogP contribution is -2.47. The number of amides is 2. The maximum Gasteiger partial charge on any atom is 0.268 e. The van der Waals surface area contributed by atoms with Gasteiger partial charge in [-0.05, 0) is 37.3 Å². The van der Waals surface area contributed by atoms with Crippen molar-refractivity contribution in [3.05, 3.63) is 47.5 Å². The van der Waals surface area contributed by atoms with Gasteiger partial charge in [0.25, 0.3) is 5.91 Å². The summed E-state index contributed by atoms with van der Waals surface area (Å²) in [5, 5.41) is 3.20. The second-order valence-electron chi connectivity index (χ2n) is 5.54. The average molecular weight is 361 g/mol. The van der Waals surface area contributed by atoms with E-state index in [0.29, 0.717) is 27.9 Å². The van der Waals surface area contributed by atoms with Gasteiger partial charge in [0.15, 0.2) is 6.10 Å². The molecule has 0 aliphatic carbocycles. The summed E-state index contributed by atoms with van der Waals surface area (Å²) < 4.78 is 10.8. The van der Waals surface area contributed by atoms with Crippen molar-refractivity contribution in [2.75, 3.05) is 23.9 Å². The molecule has 2 amide bonds. The van der Waals surface area contributed by atoms with Crippen LogP contribution >= 0.6 is 11.6 Å². The number of methoxy groups -OCH3 is 1. The molecule has 2 aromatic rings. The van der Waals surface area contributed by atoms with E-state index < -0.39 is 6.10 Å². The molecule has 0 saturated heterocycles. The summed E-state index contributed by atoms with van der Waals surface area (Å²) >= 11 is 5.97. The number of para-hydroxylation sites is 2. The summed E-state index contributed by atoms with van der Waals surface area (Å²) in [5.41, 5.74) is 1.01. The van der Waals surface area contributed by atoms with Crippen molar-refractivity contribution in [2.45, 2.75) is 13.0 Å². The largest absolute Gasteiger partial charge is 0.495 e. The van der Waals surface area contributed by atoms with Gasteiger partial charge in [-0.2, -0.15) is 0 Å². The van der Waals surface area contributed by atoms with Gasteiger partial charge in [-0.1, -0.05) is 23.7 Å². The molecule has 25 heavy (non-hydrogen) atoms. The Hall–Kier alpha value is -2.73. The molecule has 0 saturated carbocycles. The smallest absolute Gasteiger partial charge is 0.268 e. The van der Waals surface area contributed by atoms with Crippen LogP contribution in [0.1, 0.15) is 6.92 Å². The number of rotatable bonds is 4. The topological polar surface area (TPSA) is 67.9 Å². The van der Waals surface area contributed by atoms with Gasteiger partial charge in [0.1, 0.15) is 18.0 Å². The van der Waals surface area contributed by atoms with E-state index in [0.717, 1.165) is 0 Å². The molecular weight excluding hydrogens is 344 g/mol. The number of nitrogens with one attached hydrogen (secondary N) is 1. The second kappa shape index (κ2) is 7.03. The Labute approximate surface area is 150 Å². The monoisotopic (exact) mass is 360 g/mol. The third kappa shape index (κ3) is 3.53. The molecule has 1 aliphatic heterocycles. The predicted octanol–water partition coefficient (Wildman–Crippen LogP) is 3.10. The zero-order valence-electron chi connectivity index (χ0n) is 13.8. The van der Waals surface area contributed by atoms with Crippen LogP contribution in [0.5, 0.6) is 11.5 Å². The highest BCUT2D eigenvalue weighted by molar-refractivity contribution is 6.31. The molecule has 6 nitrogen and oxygen atoms in total. The highest BCUT2D eigenvalue weighted by Crippen LogP contribution is 2.33. The Bertz CT molecular complexity index is 824. The van der Waals surface area contributed by atoms with Crippen molar-refractivity contribution < 1.29 is 19.1 Å². The lowest BCUT2D eigenvalue weighted by Gasteiger charge is -2.32. The van der Waals surface area contributed by atoms with Crippen molar-refractivity contribution in [1.82, 2.24) is 0 Å². The molecule has 0 spiro atoms. The molecular formula is C18H17ClN2O4. The first-order valence-electron chi connectivity index (χ1n) is 7.70. The molecule has 0 unspecified atom stereocenters. The molecule has 0 bridgehead atoms. The molecule has 1 atom stereocenters. The van der Waals surface area contributed by atoms with Gasteiger partial charge >= 0.3 is 0 Å². The van der Waals surface area contributed by atoms with E-state index in [1.165, 1.54) is 12.0 Å². The summed E-state index contributed by atoms with van der Waals surface area (Å²) in [4.78, 5) is 26.3. The van der Waals surface area contributed by atoms with E-state index in [1.54, 1.807) is 43.3 Å². The molecule has 1 N–H and O–H groups in total. The van der Waals surface area contributed by atoms with Gasteiger partial charge < -0.3 is 14.8 Å². The lowest BCUT2D eigenvalue weighted by molar-refractivity contribution is -0.127. The van der Waals surface area contributed by atoms with Crippen molar-refractivity contribution in [2.24, 2.45) is 0 Å². The van der Waals surface area contributed by atoms with Gasteiger partial charge in [-0.15, -0.1) is 0 Å². The number of ether oxygens (including phenoxy) is 2. The van der Waals surface area contributed by atoms with Crippen LogP contribution in [0.25, 0.3) is 0 Å². The molecule has 1 heterocycles. The Morgan fingerprint density at radius 2 is 2.08 bits per heavy atom. The number of nitrogens with zero attached hydrogens (tertiary/aromatic N) is 1. The van der Waals surface area contributed by atoms with Crippen molar-refractivity contribution in [3.63, 3.8) is 0 Å². The second-order valence-corrected chi connectivity index (χ2v) is 5.98. The minimum atomic E-state index is -0.650. The molecule has 3 rings (SSSR count). The van der Waals surface area contributed by atoms with Gasteiger partial charge in [0, 0.05) is 5.02 Å². The van der Waals surface area contributed by atoms with E-state index in [2.05, 4.69) is 5.32 Å². The summed E-state index contributed by atoms with van der Waals surface area (Å²) in [6.07, 6.45) is -0.650. The number of hydrogen-bond acceptors (Lipinski definition) is 4. The molecule has 7 heteroatoms. The maximum absolute atomic E-state index is 12.5. The van der Waals surface area contributed by atoms with E-state index in [1.807, 2.05) is 6.07 Å². The number of benzene rings is 2. The third-order valence-corrected chi connectivity index (χ3v) is 4.05.